The number of nitrogens with zero attached hydrogens (tertiary/aromatic N) is 2. The van der Waals surface area contributed by atoms with Gasteiger partial charge < -0.3 is 19.4 Å². The van der Waals surface area contributed by atoms with Gasteiger partial charge in [0.15, 0.2) is 10.2 Å². The average Bonchev–Trinajstić information content (AvgIpc) is 3.44. The van der Waals surface area contributed by atoms with Crippen molar-refractivity contribution in [1.29, 1.82) is 0 Å². The predicted octanol–water partition coefficient (Wildman–Crippen LogP) is 6.01. The highest BCUT2D eigenvalue weighted by atomic mass is 32.2. The standard InChI is InChI=1S/C25H21N3O2S2/c1-29-20-13-6-5-12-19(20)28-24(23(27-25(28)31)18-11-7-8-16-26-18)21-14-15-22(30-21)32-17-9-3-2-4-10-17/h2-16,23-24H,1H3,(H,27,31)/t23-,24-/m1/s1. The van der Waals surface area contributed by atoms with Crippen LogP contribution in [-0.4, -0.2) is 17.2 Å². The van der Waals surface area contributed by atoms with Crippen LogP contribution in [-0.2, 0) is 0 Å². The Balaban J connectivity index is 1.56. The van der Waals surface area contributed by atoms with E-state index in [9.17, 15) is 0 Å². The fourth-order valence-electron chi connectivity index (χ4n) is 3.88. The molecule has 1 aliphatic heterocycles. The number of anilines is 1. The Kier molecular flexibility index (Phi) is 5.83. The van der Waals surface area contributed by atoms with E-state index < -0.39 is 0 Å². The fourth-order valence-corrected chi connectivity index (χ4v) is 5.02. The summed E-state index contributed by atoms with van der Waals surface area (Å²) in [5, 5.41) is 4.87. The number of benzene rings is 2. The zero-order valence-corrected chi connectivity index (χ0v) is 19.0. The van der Waals surface area contributed by atoms with E-state index in [1.54, 1.807) is 25.1 Å². The molecule has 0 unspecified atom stereocenters. The minimum Gasteiger partial charge on any atom is -0.495 e. The van der Waals surface area contributed by atoms with Crippen molar-refractivity contribution in [1.82, 2.24) is 10.3 Å². The second-order valence-electron chi connectivity index (χ2n) is 7.24. The van der Waals surface area contributed by atoms with Crippen molar-refractivity contribution in [2.45, 2.75) is 22.1 Å². The van der Waals surface area contributed by atoms with Gasteiger partial charge in [0, 0.05) is 11.1 Å². The number of para-hydroxylation sites is 2. The number of furan rings is 1. The molecular weight excluding hydrogens is 438 g/mol. The molecular formula is C25H21N3O2S2. The maximum atomic E-state index is 6.35. The summed E-state index contributed by atoms with van der Waals surface area (Å²) in [6.07, 6.45) is 1.79. The first-order chi connectivity index (χ1) is 15.7. The molecule has 2 aromatic carbocycles. The third-order valence-electron chi connectivity index (χ3n) is 5.30. The average molecular weight is 460 g/mol. The van der Waals surface area contributed by atoms with Crippen molar-refractivity contribution in [3.05, 3.63) is 103 Å². The minimum atomic E-state index is -0.223. The summed E-state index contributed by atoms with van der Waals surface area (Å²) in [6, 6.07) is 27.6. The first-order valence-corrected chi connectivity index (χ1v) is 11.4. The lowest BCUT2D eigenvalue weighted by Gasteiger charge is -2.27. The summed E-state index contributed by atoms with van der Waals surface area (Å²) in [6.45, 7) is 0. The summed E-state index contributed by atoms with van der Waals surface area (Å²) < 4.78 is 12.0. The number of methoxy groups -OCH3 is 1. The molecule has 1 aliphatic rings. The highest BCUT2D eigenvalue weighted by molar-refractivity contribution is 7.99. The van der Waals surface area contributed by atoms with Crippen LogP contribution >= 0.6 is 24.0 Å². The molecule has 0 amide bonds. The van der Waals surface area contributed by atoms with Crippen LogP contribution in [0.25, 0.3) is 0 Å². The van der Waals surface area contributed by atoms with Gasteiger partial charge in [-0.05, 0) is 60.7 Å². The second-order valence-corrected chi connectivity index (χ2v) is 8.70. The lowest BCUT2D eigenvalue weighted by Crippen LogP contribution is -2.29. The van der Waals surface area contributed by atoms with Gasteiger partial charge in [-0.15, -0.1) is 0 Å². The first-order valence-electron chi connectivity index (χ1n) is 10.2. The van der Waals surface area contributed by atoms with Gasteiger partial charge >= 0.3 is 0 Å². The molecule has 0 saturated carbocycles. The van der Waals surface area contributed by atoms with Crippen LogP contribution in [0.15, 0.2) is 106 Å². The van der Waals surface area contributed by atoms with Crippen LogP contribution in [0.4, 0.5) is 5.69 Å². The number of nitrogens with one attached hydrogen (secondary N) is 1. The highest BCUT2D eigenvalue weighted by Gasteiger charge is 2.43. The van der Waals surface area contributed by atoms with E-state index in [-0.39, 0.29) is 12.1 Å². The van der Waals surface area contributed by atoms with Crippen molar-refractivity contribution in [3.8, 4) is 5.75 Å². The molecule has 2 atom stereocenters. The first kappa shape index (κ1) is 20.6. The molecule has 2 aromatic heterocycles. The lowest BCUT2D eigenvalue weighted by atomic mass is 10.0. The summed E-state index contributed by atoms with van der Waals surface area (Å²) in [4.78, 5) is 7.77. The normalized spacial score (nSPS) is 17.9. The topological polar surface area (TPSA) is 50.5 Å². The molecule has 4 aromatic rings. The van der Waals surface area contributed by atoms with Gasteiger partial charge in [0.25, 0.3) is 0 Å². The minimum absolute atomic E-state index is 0.172. The Morgan fingerprint density at radius 3 is 2.53 bits per heavy atom. The Hall–Kier alpha value is -3.29. The number of pyridine rings is 1. The molecule has 5 nitrogen and oxygen atoms in total. The third-order valence-corrected chi connectivity index (χ3v) is 6.54. The number of thiocarbonyl (C=S) groups is 1. The van der Waals surface area contributed by atoms with Crippen molar-refractivity contribution >= 4 is 34.8 Å². The van der Waals surface area contributed by atoms with Crippen LogP contribution < -0.4 is 15.0 Å². The van der Waals surface area contributed by atoms with Gasteiger partial charge in [0.05, 0.1) is 24.5 Å². The smallest absolute Gasteiger partial charge is 0.174 e. The van der Waals surface area contributed by atoms with E-state index >= 15 is 0 Å². The molecule has 1 N–H and O–H groups in total. The van der Waals surface area contributed by atoms with Gasteiger partial charge in [0.1, 0.15) is 17.6 Å². The fraction of sp³-hybridized carbons (Fsp3) is 0.120. The quantitative estimate of drug-likeness (QED) is 0.354. The number of ether oxygens (including phenoxy) is 1. The maximum absolute atomic E-state index is 6.35. The Morgan fingerprint density at radius 2 is 1.75 bits per heavy atom. The van der Waals surface area contributed by atoms with E-state index in [0.717, 1.165) is 32.9 Å². The lowest BCUT2D eigenvalue weighted by molar-refractivity contribution is 0.380. The van der Waals surface area contributed by atoms with E-state index in [2.05, 4.69) is 27.3 Å². The molecule has 1 saturated heterocycles. The van der Waals surface area contributed by atoms with Crippen molar-refractivity contribution < 1.29 is 9.15 Å². The SMILES string of the molecule is COc1ccccc1N1C(=S)N[C@H](c2ccccn2)[C@H]1c1ccc(Sc2ccccc2)o1. The number of aromatic nitrogens is 1. The van der Waals surface area contributed by atoms with E-state index in [4.69, 9.17) is 21.4 Å². The predicted molar refractivity (Wildman–Crippen MR) is 130 cm³/mol. The zero-order chi connectivity index (χ0) is 21.9. The molecule has 7 heteroatoms. The van der Waals surface area contributed by atoms with E-state index in [1.807, 2.05) is 72.8 Å². The molecule has 1 fully saturated rings. The van der Waals surface area contributed by atoms with Gasteiger partial charge in [-0.3, -0.25) is 4.98 Å². The van der Waals surface area contributed by atoms with Gasteiger partial charge in [-0.1, -0.05) is 48.2 Å². The van der Waals surface area contributed by atoms with Crippen molar-refractivity contribution in [2.24, 2.45) is 0 Å². The second kappa shape index (κ2) is 9.06. The number of hydrogen-bond acceptors (Lipinski definition) is 5. The molecule has 160 valence electrons. The highest BCUT2D eigenvalue weighted by Crippen LogP contribution is 2.45. The molecule has 5 rings (SSSR count). The monoisotopic (exact) mass is 459 g/mol. The van der Waals surface area contributed by atoms with Crippen molar-refractivity contribution in [2.75, 3.05) is 12.0 Å². The maximum Gasteiger partial charge on any atom is 0.174 e. The zero-order valence-electron chi connectivity index (χ0n) is 17.3. The van der Waals surface area contributed by atoms with Crippen molar-refractivity contribution in [3.63, 3.8) is 0 Å². The molecule has 0 spiro atoms. The van der Waals surface area contributed by atoms with Crippen LogP contribution in [0.2, 0.25) is 0 Å². The molecule has 32 heavy (non-hydrogen) atoms. The Labute approximate surface area is 196 Å². The summed E-state index contributed by atoms with van der Waals surface area (Å²) in [7, 11) is 1.66. The Bertz CT molecular complexity index is 1210. The molecule has 0 radical (unpaired) electrons. The summed E-state index contributed by atoms with van der Waals surface area (Å²) >= 11 is 7.37. The molecule has 3 heterocycles. The largest absolute Gasteiger partial charge is 0.495 e. The summed E-state index contributed by atoms with van der Waals surface area (Å²) in [5.74, 6) is 1.55. The summed E-state index contributed by atoms with van der Waals surface area (Å²) in [5.41, 5.74) is 1.77. The number of hydrogen-bond donors (Lipinski definition) is 1. The van der Waals surface area contributed by atoms with Crippen LogP contribution in [0, 0.1) is 0 Å². The van der Waals surface area contributed by atoms with Gasteiger partial charge in [-0.2, -0.15) is 0 Å². The van der Waals surface area contributed by atoms with Crippen LogP contribution in [0.3, 0.4) is 0 Å². The van der Waals surface area contributed by atoms with E-state index in [1.165, 1.54) is 0 Å². The third kappa shape index (κ3) is 3.97. The molecule has 0 aliphatic carbocycles. The van der Waals surface area contributed by atoms with Crippen LogP contribution in [0.1, 0.15) is 23.5 Å². The van der Waals surface area contributed by atoms with Gasteiger partial charge in [0.2, 0.25) is 0 Å². The Morgan fingerprint density at radius 1 is 0.969 bits per heavy atom. The number of rotatable bonds is 6. The van der Waals surface area contributed by atoms with Gasteiger partial charge in [-0.25, -0.2) is 0 Å². The van der Waals surface area contributed by atoms with E-state index in [0.29, 0.717) is 5.11 Å². The molecule has 0 bridgehead atoms. The van der Waals surface area contributed by atoms with Crippen LogP contribution in [0.5, 0.6) is 5.75 Å².